The fraction of sp³-hybridized carbons (Fsp3) is 0.946. The summed E-state index contributed by atoms with van der Waals surface area (Å²) < 4.78 is 0. The molecule has 2 nitrogen and oxygen atoms in total. The zero-order chi connectivity index (χ0) is 28.1. The van der Waals surface area contributed by atoms with Gasteiger partial charge in [0.15, 0.2) is 0 Å². The fourth-order valence-corrected chi connectivity index (χ4v) is 6.44. The van der Waals surface area contributed by atoms with Gasteiger partial charge in [-0.25, -0.2) is 0 Å². The van der Waals surface area contributed by atoms with Gasteiger partial charge in [0, 0.05) is 25.5 Å². The lowest BCUT2D eigenvalue weighted by Gasteiger charge is -2.32. The van der Waals surface area contributed by atoms with E-state index < -0.39 is 0 Å². The number of rotatable bonds is 31. The van der Waals surface area contributed by atoms with E-state index in [1.54, 1.807) is 0 Å². The summed E-state index contributed by atoms with van der Waals surface area (Å²) in [6.07, 6.45) is 47.3. The zero-order valence-corrected chi connectivity index (χ0v) is 27.5. The number of hydrogen-bond acceptors (Lipinski definition) is 2. The highest BCUT2D eigenvalue weighted by Crippen LogP contribution is 2.23. The van der Waals surface area contributed by atoms with E-state index in [1.807, 2.05) is 0 Å². The summed E-state index contributed by atoms with van der Waals surface area (Å²) in [5.74, 6) is 0. The highest BCUT2D eigenvalue weighted by atomic mass is 15.4. The van der Waals surface area contributed by atoms with Crippen molar-refractivity contribution in [3.05, 3.63) is 12.4 Å². The predicted molar refractivity (Wildman–Crippen MR) is 177 cm³/mol. The maximum atomic E-state index is 2.66. The molecule has 1 atom stereocenters. The van der Waals surface area contributed by atoms with Gasteiger partial charge in [-0.1, -0.05) is 181 Å². The molecule has 0 radical (unpaired) electrons. The van der Waals surface area contributed by atoms with Gasteiger partial charge in [-0.15, -0.1) is 0 Å². The van der Waals surface area contributed by atoms with Crippen molar-refractivity contribution < 1.29 is 0 Å². The van der Waals surface area contributed by atoms with Crippen LogP contribution in [-0.4, -0.2) is 29.1 Å². The van der Waals surface area contributed by atoms with Crippen molar-refractivity contribution in [1.82, 2.24) is 9.80 Å². The maximum Gasteiger partial charge on any atom is 0.101 e. The average molecular weight is 547 g/mol. The van der Waals surface area contributed by atoms with Crippen molar-refractivity contribution in [1.29, 1.82) is 0 Å². The number of nitrogens with zero attached hydrogens (tertiary/aromatic N) is 2. The first-order chi connectivity index (χ1) is 19.3. The summed E-state index contributed by atoms with van der Waals surface area (Å²) >= 11 is 0. The number of hydrogen-bond donors (Lipinski definition) is 0. The van der Waals surface area contributed by atoms with Crippen LogP contribution in [0.2, 0.25) is 0 Å². The van der Waals surface area contributed by atoms with Crippen molar-refractivity contribution in [2.75, 3.05) is 13.1 Å². The quantitative estimate of drug-likeness (QED) is 0.0798. The normalized spacial score (nSPS) is 15.2. The van der Waals surface area contributed by atoms with Gasteiger partial charge >= 0.3 is 0 Å². The largest absolute Gasteiger partial charge is 0.356 e. The van der Waals surface area contributed by atoms with Gasteiger partial charge in [0.1, 0.15) is 6.17 Å². The highest BCUT2D eigenvalue weighted by Gasteiger charge is 2.23. The smallest absolute Gasteiger partial charge is 0.101 e. The molecule has 0 amide bonds. The van der Waals surface area contributed by atoms with Crippen LogP contribution in [0.5, 0.6) is 0 Å². The van der Waals surface area contributed by atoms with Gasteiger partial charge in [-0.2, -0.15) is 0 Å². The molecule has 0 aliphatic carbocycles. The van der Waals surface area contributed by atoms with Crippen molar-refractivity contribution in [2.45, 2.75) is 213 Å². The molecule has 0 saturated carbocycles. The SMILES string of the molecule is CCCCCCCCCCCCCCCCC1N(CC)C=CN1CCCCCCCCCCCCCCCC. The summed E-state index contributed by atoms with van der Waals surface area (Å²) in [6.45, 7) is 9.34. The molecule has 1 heterocycles. The van der Waals surface area contributed by atoms with E-state index in [0.717, 1.165) is 6.54 Å². The van der Waals surface area contributed by atoms with Gasteiger partial charge in [0.2, 0.25) is 0 Å². The van der Waals surface area contributed by atoms with Crippen molar-refractivity contribution >= 4 is 0 Å². The Balaban J connectivity index is 1.93. The minimum Gasteiger partial charge on any atom is -0.356 e. The van der Waals surface area contributed by atoms with Gasteiger partial charge < -0.3 is 9.80 Å². The maximum absolute atomic E-state index is 2.66. The molecule has 1 unspecified atom stereocenters. The average Bonchev–Trinajstić information content (AvgIpc) is 3.34. The van der Waals surface area contributed by atoms with Crippen LogP contribution in [0.15, 0.2) is 12.4 Å². The standard InChI is InChI=1S/C37H74N2/c1-4-7-9-11-13-15-17-19-21-23-25-27-29-31-33-37-38(6-3)35-36-39(37)34-32-30-28-26-24-22-20-18-16-14-12-10-8-5-2/h35-37H,4-34H2,1-3H3. The van der Waals surface area contributed by atoms with E-state index in [-0.39, 0.29) is 0 Å². The van der Waals surface area contributed by atoms with Crippen LogP contribution < -0.4 is 0 Å². The molecular weight excluding hydrogens is 472 g/mol. The van der Waals surface area contributed by atoms with Gasteiger partial charge in [-0.05, 0) is 26.2 Å². The molecular formula is C37H74N2. The highest BCUT2D eigenvalue weighted by molar-refractivity contribution is 4.96. The molecule has 0 saturated heterocycles. The molecule has 0 aromatic rings. The first kappa shape index (κ1) is 36.4. The van der Waals surface area contributed by atoms with E-state index >= 15 is 0 Å². The second-order valence-electron chi connectivity index (χ2n) is 12.8. The fourth-order valence-electron chi connectivity index (χ4n) is 6.44. The van der Waals surface area contributed by atoms with E-state index in [2.05, 4.69) is 43.0 Å². The Bertz CT molecular complexity index is 502. The van der Waals surface area contributed by atoms with E-state index in [4.69, 9.17) is 0 Å². The molecule has 1 aliphatic heterocycles. The Kier molecular flexibility index (Phi) is 26.9. The Morgan fingerprint density at radius 3 is 1.03 bits per heavy atom. The molecule has 1 aliphatic rings. The summed E-state index contributed by atoms with van der Waals surface area (Å²) in [6, 6.07) is 0. The van der Waals surface area contributed by atoms with Crippen LogP contribution in [0.4, 0.5) is 0 Å². The summed E-state index contributed by atoms with van der Waals surface area (Å²) in [7, 11) is 0. The van der Waals surface area contributed by atoms with Crippen LogP contribution >= 0.6 is 0 Å². The van der Waals surface area contributed by atoms with E-state index in [1.165, 1.54) is 193 Å². The molecule has 0 aromatic carbocycles. The Morgan fingerprint density at radius 2 is 0.667 bits per heavy atom. The zero-order valence-electron chi connectivity index (χ0n) is 27.5. The monoisotopic (exact) mass is 547 g/mol. The Morgan fingerprint density at radius 1 is 0.359 bits per heavy atom. The minimum absolute atomic E-state index is 0.634. The molecule has 0 fully saturated rings. The molecule has 1 rings (SSSR count). The Labute approximate surface area is 248 Å². The van der Waals surface area contributed by atoms with E-state index in [0.29, 0.717) is 6.17 Å². The predicted octanol–water partition coefficient (Wildman–Crippen LogP) is 12.8. The van der Waals surface area contributed by atoms with Crippen molar-refractivity contribution in [3.8, 4) is 0 Å². The van der Waals surface area contributed by atoms with Crippen LogP contribution in [0.1, 0.15) is 207 Å². The van der Waals surface area contributed by atoms with Crippen LogP contribution in [-0.2, 0) is 0 Å². The number of unbranched alkanes of at least 4 members (excludes halogenated alkanes) is 26. The molecule has 39 heavy (non-hydrogen) atoms. The third-order valence-corrected chi connectivity index (χ3v) is 9.17. The molecule has 0 bridgehead atoms. The molecule has 2 heteroatoms. The molecule has 0 N–H and O–H groups in total. The lowest BCUT2D eigenvalue weighted by atomic mass is 10.0. The summed E-state index contributed by atoms with van der Waals surface area (Å²) in [5.41, 5.74) is 0. The minimum atomic E-state index is 0.634. The van der Waals surface area contributed by atoms with Crippen LogP contribution in [0, 0.1) is 0 Å². The molecule has 0 spiro atoms. The van der Waals surface area contributed by atoms with Crippen LogP contribution in [0.25, 0.3) is 0 Å². The van der Waals surface area contributed by atoms with Gasteiger partial charge in [-0.3, -0.25) is 0 Å². The second kappa shape index (κ2) is 28.9. The molecule has 0 aromatic heterocycles. The summed E-state index contributed by atoms with van der Waals surface area (Å²) in [4.78, 5) is 5.23. The third kappa shape index (κ3) is 21.7. The second-order valence-corrected chi connectivity index (χ2v) is 12.8. The van der Waals surface area contributed by atoms with Gasteiger partial charge in [0.25, 0.3) is 0 Å². The Hall–Kier alpha value is -0.660. The van der Waals surface area contributed by atoms with Gasteiger partial charge in [0.05, 0.1) is 0 Å². The van der Waals surface area contributed by atoms with E-state index in [9.17, 15) is 0 Å². The topological polar surface area (TPSA) is 6.48 Å². The lowest BCUT2D eigenvalue weighted by molar-refractivity contribution is 0.142. The van der Waals surface area contributed by atoms with Crippen molar-refractivity contribution in [3.63, 3.8) is 0 Å². The third-order valence-electron chi connectivity index (χ3n) is 9.17. The van der Waals surface area contributed by atoms with Crippen LogP contribution in [0.3, 0.4) is 0 Å². The first-order valence-corrected chi connectivity index (χ1v) is 18.5. The molecule has 232 valence electrons. The first-order valence-electron chi connectivity index (χ1n) is 18.5. The summed E-state index contributed by atoms with van der Waals surface area (Å²) in [5, 5.41) is 0. The lowest BCUT2D eigenvalue weighted by Crippen LogP contribution is -2.38. The van der Waals surface area contributed by atoms with Crippen molar-refractivity contribution in [2.24, 2.45) is 0 Å².